The maximum Gasteiger partial charge on any atom is 0.261 e. The van der Waals surface area contributed by atoms with Crippen molar-refractivity contribution in [2.45, 2.75) is 26.3 Å². The molecule has 2 aromatic rings. The molecule has 1 aromatic heterocycles. The predicted molar refractivity (Wildman–Crippen MR) is 95.3 cm³/mol. The first-order chi connectivity index (χ1) is 11.5. The van der Waals surface area contributed by atoms with Gasteiger partial charge >= 0.3 is 0 Å². The van der Waals surface area contributed by atoms with Gasteiger partial charge in [-0.3, -0.25) is 14.5 Å². The average molecular weight is 325 g/mol. The molecule has 0 atom stereocenters. The molecule has 1 amide bonds. The number of aromatic nitrogens is 1. The normalized spacial score (nSPS) is 14.8. The second-order valence-corrected chi connectivity index (χ2v) is 6.44. The number of nitrogens with zero attached hydrogens (tertiary/aromatic N) is 2. The van der Waals surface area contributed by atoms with Crippen LogP contribution in [0.2, 0.25) is 0 Å². The number of benzene rings is 1. The fraction of sp³-hybridized carbons (Fsp3) is 0.368. The van der Waals surface area contributed by atoms with Gasteiger partial charge in [0.2, 0.25) is 0 Å². The minimum absolute atomic E-state index is 0.160. The van der Waals surface area contributed by atoms with Crippen molar-refractivity contribution in [2.24, 2.45) is 7.05 Å². The number of anilines is 1. The van der Waals surface area contributed by atoms with Gasteiger partial charge in [0.15, 0.2) is 5.43 Å². The Morgan fingerprint density at radius 3 is 2.71 bits per heavy atom. The van der Waals surface area contributed by atoms with Crippen molar-refractivity contribution in [3.05, 3.63) is 63.6 Å². The molecule has 1 aliphatic rings. The molecule has 0 radical (unpaired) electrons. The van der Waals surface area contributed by atoms with Crippen LogP contribution in [0.15, 0.2) is 41.3 Å². The number of amides is 1. The molecule has 3 rings (SSSR count). The van der Waals surface area contributed by atoms with Crippen LogP contribution in [-0.2, 0) is 13.6 Å². The molecular formula is C19H23N3O2. The predicted octanol–water partition coefficient (Wildman–Crippen LogP) is 2.54. The van der Waals surface area contributed by atoms with E-state index in [4.69, 9.17) is 0 Å². The van der Waals surface area contributed by atoms with Crippen LogP contribution in [0.25, 0.3) is 0 Å². The second-order valence-electron chi connectivity index (χ2n) is 6.44. The number of carbonyl (C=O) groups excluding carboxylic acids is 1. The highest BCUT2D eigenvalue weighted by molar-refractivity contribution is 6.04. The summed E-state index contributed by atoms with van der Waals surface area (Å²) in [7, 11) is 1.82. The number of carbonyl (C=O) groups is 1. The van der Waals surface area contributed by atoms with E-state index in [9.17, 15) is 9.59 Å². The Morgan fingerprint density at radius 2 is 1.96 bits per heavy atom. The minimum atomic E-state index is -0.367. The number of aryl methyl sites for hydroxylation is 2. The van der Waals surface area contributed by atoms with Crippen LogP contribution in [-0.4, -0.2) is 28.5 Å². The van der Waals surface area contributed by atoms with Gasteiger partial charge < -0.3 is 9.88 Å². The maximum atomic E-state index is 12.4. The Morgan fingerprint density at radius 1 is 1.21 bits per heavy atom. The van der Waals surface area contributed by atoms with Gasteiger partial charge in [-0.2, -0.15) is 0 Å². The molecule has 5 nitrogen and oxygen atoms in total. The van der Waals surface area contributed by atoms with E-state index in [1.807, 2.05) is 32.2 Å². The molecule has 1 fully saturated rings. The minimum Gasteiger partial charge on any atom is -0.354 e. The summed E-state index contributed by atoms with van der Waals surface area (Å²) in [4.78, 5) is 26.9. The Balaban J connectivity index is 1.74. The van der Waals surface area contributed by atoms with E-state index in [0.29, 0.717) is 0 Å². The topological polar surface area (TPSA) is 54.3 Å². The number of hydrogen-bond acceptors (Lipinski definition) is 3. The largest absolute Gasteiger partial charge is 0.354 e. The summed E-state index contributed by atoms with van der Waals surface area (Å²) in [5, 5.41) is 2.84. The van der Waals surface area contributed by atoms with E-state index < -0.39 is 0 Å². The molecule has 0 bridgehead atoms. The first kappa shape index (κ1) is 16.5. The van der Waals surface area contributed by atoms with Gasteiger partial charge in [-0.15, -0.1) is 0 Å². The number of rotatable bonds is 4. The van der Waals surface area contributed by atoms with E-state index >= 15 is 0 Å². The van der Waals surface area contributed by atoms with Crippen molar-refractivity contribution < 1.29 is 4.79 Å². The lowest BCUT2D eigenvalue weighted by Gasteiger charge is -2.15. The summed E-state index contributed by atoms with van der Waals surface area (Å²) in [6, 6.07) is 9.32. The molecule has 126 valence electrons. The first-order valence-corrected chi connectivity index (χ1v) is 8.33. The monoisotopic (exact) mass is 325 g/mol. The Bertz CT molecular complexity index is 804. The summed E-state index contributed by atoms with van der Waals surface area (Å²) in [6.45, 7) is 5.01. The van der Waals surface area contributed by atoms with Crippen LogP contribution in [0.1, 0.15) is 34.5 Å². The van der Waals surface area contributed by atoms with E-state index in [2.05, 4.69) is 16.3 Å². The highest BCUT2D eigenvalue weighted by Gasteiger charge is 2.14. The zero-order chi connectivity index (χ0) is 17.1. The molecule has 2 heterocycles. The lowest BCUT2D eigenvalue weighted by Crippen LogP contribution is -2.23. The van der Waals surface area contributed by atoms with Crippen molar-refractivity contribution in [3.8, 4) is 0 Å². The molecule has 1 aliphatic heterocycles. The summed E-state index contributed by atoms with van der Waals surface area (Å²) in [5.74, 6) is -0.367. The summed E-state index contributed by atoms with van der Waals surface area (Å²) >= 11 is 0. The van der Waals surface area contributed by atoms with Crippen molar-refractivity contribution in [1.29, 1.82) is 0 Å². The van der Waals surface area contributed by atoms with Crippen LogP contribution in [0.4, 0.5) is 5.69 Å². The Kier molecular flexibility index (Phi) is 4.81. The SMILES string of the molecule is Cc1cc(=O)c(C(=O)Nc2cccc(CN3CCCC3)c2)cn1C. The van der Waals surface area contributed by atoms with E-state index in [1.54, 1.807) is 10.8 Å². The van der Waals surface area contributed by atoms with Crippen LogP contribution in [0.5, 0.6) is 0 Å². The number of nitrogens with one attached hydrogen (secondary N) is 1. The van der Waals surface area contributed by atoms with Gasteiger partial charge in [0.05, 0.1) is 0 Å². The lowest BCUT2D eigenvalue weighted by atomic mass is 10.1. The highest BCUT2D eigenvalue weighted by Crippen LogP contribution is 2.16. The maximum absolute atomic E-state index is 12.4. The molecule has 0 unspecified atom stereocenters. The number of likely N-dealkylation sites (tertiary alicyclic amines) is 1. The molecular weight excluding hydrogens is 302 g/mol. The Hall–Kier alpha value is -2.40. The van der Waals surface area contributed by atoms with Crippen LogP contribution < -0.4 is 10.7 Å². The highest BCUT2D eigenvalue weighted by atomic mass is 16.2. The third kappa shape index (κ3) is 3.74. The zero-order valence-corrected chi connectivity index (χ0v) is 14.2. The first-order valence-electron chi connectivity index (χ1n) is 8.33. The Labute approximate surface area is 141 Å². The third-order valence-electron chi connectivity index (χ3n) is 4.52. The molecule has 1 aromatic carbocycles. The number of pyridine rings is 1. The summed E-state index contributed by atoms with van der Waals surface area (Å²) in [5.41, 5.74) is 2.62. The smallest absolute Gasteiger partial charge is 0.261 e. The molecule has 5 heteroatoms. The molecule has 0 aliphatic carbocycles. The fourth-order valence-corrected chi connectivity index (χ4v) is 3.04. The van der Waals surface area contributed by atoms with Crippen LogP contribution in [0, 0.1) is 6.92 Å². The van der Waals surface area contributed by atoms with E-state index in [-0.39, 0.29) is 16.9 Å². The van der Waals surface area contributed by atoms with Gasteiger partial charge in [-0.1, -0.05) is 12.1 Å². The van der Waals surface area contributed by atoms with Crippen LogP contribution in [0.3, 0.4) is 0 Å². The van der Waals surface area contributed by atoms with Gasteiger partial charge in [-0.05, 0) is 50.6 Å². The second kappa shape index (κ2) is 7.01. The van der Waals surface area contributed by atoms with E-state index in [1.165, 1.54) is 24.5 Å². The quantitative estimate of drug-likeness (QED) is 0.940. The summed E-state index contributed by atoms with van der Waals surface area (Å²) < 4.78 is 1.78. The van der Waals surface area contributed by atoms with E-state index in [0.717, 1.165) is 31.0 Å². The van der Waals surface area contributed by atoms with Crippen molar-refractivity contribution in [2.75, 3.05) is 18.4 Å². The van der Waals surface area contributed by atoms with Gasteiger partial charge in [0.1, 0.15) is 5.56 Å². The third-order valence-corrected chi connectivity index (χ3v) is 4.52. The van der Waals surface area contributed by atoms with Crippen LogP contribution >= 0.6 is 0 Å². The van der Waals surface area contributed by atoms with Gasteiger partial charge in [0.25, 0.3) is 5.91 Å². The molecule has 0 spiro atoms. The lowest BCUT2D eigenvalue weighted by molar-refractivity contribution is 0.102. The van der Waals surface area contributed by atoms with Gasteiger partial charge in [0, 0.05) is 37.2 Å². The standard InChI is InChI=1S/C19H23N3O2/c1-14-10-18(23)17(13-21(14)2)19(24)20-16-7-5-6-15(11-16)12-22-8-3-4-9-22/h5-7,10-11,13H,3-4,8-9,12H2,1-2H3,(H,20,24). The molecule has 0 saturated carbocycles. The molecule has 1 N–H and O–H groups in total. The van der Waals surface area contributed by atoms with Crippen molar-refractivity contribution >= 4 is 11.6 Å². The summed E-state index contributed by atoms with van der Waals surface area (Å²) in [6.07, 6.45) is 4.10. The zero-order valence-electron chi connectivity index (χ0n) is 14.2. The van der Waals surface area contributed by atoms with Crippen molar-refractivity contribution in [3.63, 3.8) is 0 Å². The number of hydrogen-bond donors (Lipinski definition) is 1. The molecule has 24 heavy (non-hydrogen) atoms. The van der Waals surface area contributed by atoms with Gasteiger partial charge in [-0.25, -0.2) is 0 Å². The fourth-order valence-electron chi connectivity index (χ4n) is 3.04. The average Bonchev–Trinajstić information content (AvgIpc) is 3.04. The van der Waals surface area contributed by atoms with Crippen molar-refractivity contribution in [1.82, 2.24) is 9.47 Å². The molecule has 1 saturated heterocycles.